The Hall–Kier alpha value is -2.67. The molecule has 0 saturated carbocycles. The Kier molecular flexibility index (Phi) is 2.93. The molecule has 0 fully saturated rings. The minimum atomic E-state index is -0.0414. The molecule has 3 aromatic rings. The lowest BCUT2D eigenvalue weighted by Gasteiger charge is -2.25. The zero-order valence-electron chi connectivity index (χ0n) is 12.2. The molecule has 0 spiro atoms. The van der Waals surface area contributed by atoms with Crippen LogP contribution < -0.4 is 10.9 Å². The number of aromatic amines is 1. The van der Waals surface area contributed by atoms with Gasteiger partial charge in [0.1, 0.15) is 11.2 Å². The molecule has 0 unspecified atom stereocenters. The van der Waals surface area contributed by atoms with Crippen LogP contribution in [-0.4, -0.2) is 38.2 Å². The summed E-state index contributed by atoms with van der Waals surface area (Å²) in [5.74, 6) is 1.30. The van der Waals surface area contributed by atoms with E-state index in [2.05, 4.69) is 25.4 Å². The highest BCUT2D eigenvalue weighted by molar-refractivity contribution is 5.88. The first-order valence-corrected chi connectivity index (χ1v) is 7.21. The molecule has 0 saturated heterocycles. The number of nitrogens with zero attached hydrogens (tertiary/aromatic N) is 4. The molecule has 112 valence electrons. The van der Waals surface area contributed by atoms with Crippen LogP contribution in [0.5, 0.6) is 0 Å². The number of aromatic nitrogens is 4. The number of fused-ring (bicyclic) bond motifs is 2. The number of para-hydroxylation sites is 1. The monoisotopic (exact) mass is 296 g/mol. The van der Waals surface area contributed by atoms with Gasteiger partial charge in [0.2, 0.25) is 0 Å². The Morgan fingerprint density at radius 1 is 1.23 bits per heavy atom. The van der Waals surface area contributed by atoms with Gasteiger partial charge in [0.05, 0.1) is 6.54 Å². The smallest absolute Gasteiger partial charge is 0.266 e. The van der Waals surface area contributed by atoms with E-state index in [-0.39, 0.29) is 5.56 Å². The summed E-state index contributed by atoms with van der Waals surface area (Å²) < 4.78 is 1.74. The average Bonchev–Trinajstić information content (AvgIpc) is 2.91. The number of rotatable bonds is 2. The van der Waals surface area contributed by atoms with E-state index in [9.17, 15) is 4.79 Å². The van der Waals surface area contributed by atoms with Crippen LogP contribution in [0.3, 0.4) is 0 Å². The third-order valence-corrected chi connectivity index (χ3v) is 3.91. The highest BCUT2D eigenvalue weighted by atomic mass is 16.1. The summed E-state index contributed by atoms with van der Waals surface area (Å²) in [6, 6.07) is 9.66. The van der Waals surface area contributed by atoms with Gasteiger partial charge in [-0.1, -0.05) is 18.2 Å². The molecule has 0 atom stereocenters. The highest BCUT2D eigenvalue weighted by Crippen LogP contribution is 2.21. The zero-order chi connectivity index (χ0) is 15.1. The van der Waals surface area contributed by atoms with Crippen LogP contribution in [-0.2, 0) is 13.1 Å². The fraction of sp³-hybridized carbons (Fsp3) is 0.267. The number of nitrogens with one attached hydrogen (secondary N) is 2. The van der Waals surface area contributed by atoms with Crippen molar-refractivity contribution in [3.05, 3.63) is 46.5 Å². The van der Waals surface area contributed by atoms with Gasteiger partial charge < -0.3 is 5.32 Å². The fourth-order valence-electron chi connectivity index (χ4n) is 2.75. The van der Waals surface area contributed by atoms with Gasteiger partial charge in [0, 0.05) is 18.8 Å². The van der Waals surface area contributed by atoms with Crippen molar-refractivity contribution in [2.24, 2.45) is 0 Å². The van der Waals surface area contributed by atoms with Gasteiger partial charge >= 0.3 is 0 Å². The summed E-state index contributed by atoms with van der Waals surface area (Å²) in [5, 5.41) is 10.8. The molecule has 2 aromatic heterocycles. The quantitative estimate of drug-likeness (QED) is 0.745. The highest BCUT2D eigenvalue weighted by Gasteiger charge is 2.20. The summed E-state index contributed by atoms with van der Waals surface area (Å²) in [4.78, 5) is 19.5. The number of likely N-dealkylation sites (N-methyl/N-ethyl adjacent to an activating group) is 1. The molecule has 0 aliphatic carbocycles. The van der Waals surface area contributed by atoms with Gasteiger partial charge in [-0.2, -0.15) is 5.10 Å². The third kappa shape index (κ3) is 2.06. The van der Waals surface area contributed by atoms with E-state index in [4.69, 9.17) is 0 Å². The lowest BCUT2D eigenvalue weighted by Crippen LogP contribution is -2.38. The van der Waals surface area contributed by atoms with E-state index in [1.165, 1.54) is 0 Å². The number of hydrogen-bond donors (Lipinski definition) is 2. The molecule has 1 aromatic carbocycles. The molecule has 1 aliphatic rings. The molecular formula is C15H16N6O. The Labute approximate surface area is 126 Å². The lowest BCUT2D eigenvalue weighted by molar-refractivity contribution is 0.259. The SMILES string of the molecule is CN1CCn2c(nc3[nH]nc(Nc4ccccc4)c3c2=O)C1. The zero-order valence-corrected chi connectivity index (χ0v) is 12.2. The van der Waals surface area contributed by atoms with Crippen LogP contribution in [0.2, 0.25) is 0 Å². The first-order chi connectivity index (χ1) is 10.7. The molecule has 22 heavy (non-hydrogen) atoms. The second-order valence-electron chi connectivity index (χ2n) is 5.51. The van der Waals surface area contributed by atoms with Crippen LogP contribution >= 0.6 is 0 Å². The summed E-state index contributed by atoms with van der Waals surface area (Å²) in [6.07, 6.45) is 0. The van der Waals surface area contributed by atoms with Gasteiger partial charge in [-0.3, -0.25) is 19.4 Å². The van der Waals surface area contributed by atoms with Gasteiger partial charge in [-0.15, -0.1) is 0 Å². The van der Waals surface area contributed by atoms with Crippen molar-refractivity contribution in [1.29, 1.82) is 0 Å². The van der Waals surface area contributed by atoms with E-state index >= 15 is 0 Å². The van der Waals surface area contributed by atoms with Gasteiger partial charge in [-0.05, 0) is 19.2 Å². The Bertz CT molecular complexity index is 882. The summed E-state index contributed by atoms with van der Waals surface area (Å²) in [7, 11) is 2.02. The first-order valence-electron chi connectivity index (χ1n) is 7.21. The van der Waals surface area contributed by atoms with Gasteiger partial charge in [0.25, 0.3) is 5.56 Å². The second kappa shape index (κ2) is 4.96. The van der Waals surface area contributed by atoms with E-state index in [0.29, 0.717) is 29.9 Å². The molecule has 7 heteroatoms. The minimum absolute atomic E-state index is 0.0414. The van der Waals surface area contributed by atoms with Crippen molar-refractivity contribution < 1.29 is 0 Å². The van der Waals surface area contributed by atoms with E-state index < -0.39 is 0 Å². The van der Waals surface area contributed by atoms with Crippen molar-refractivity contribution >= 4 is 22.5 Å². The van der Waals surface area contributed by atoms with Crippen molar-refractivity contribution in [2.45, 2.75) is 13.1 Å². The lowest BCUT2D eigenvalue weighted by atomic mass is 10.3. The maximum atomic E-state index is 12.8. The Morgan fingerprint density at radius 3 is 2.86 bits per heavy atom. The van der Waals surface area contributed by atoms with Crippen LogP contribution in [0.1, 0.15) is 5.82 Å². The number of benzene rings is 1. The molecule has 1 aliphatic heterocycles. The fourth-order valence-corrected chi connectivity index (χ4v) is 2.75. The molecule has 3 heterocycles. The second-order valence-corrected chi connectivity index (χ2v) is 5.51. The van der Waals surface area contributed by atoms with Crippen molar-refractivity contribution in [3.8, 4) is 0 Å². The summed E-state index contributed by atoms with van der Waals surface area (Å²) in [6.45, 7) is 2.18. The molecular weight excluding hydrogens is 280 g/mol. The van der Waals surface area contributed by atoms with Crippen LogP contribution in [0.4, 0.5) is 11.5 Å². The van der Waals surface area contributed by atoms with E-state index in [1.807, 2.05) is 37.4 Å². The normalized spacial score (nSPS) is 15.0. The van der Waals surface area contributed by atoms with Crippen LogP contribution in [0, 0.1) is 0 Å². The minimum Gasteiger partial charge on any atom is -0.338 e. The molecule has 4 rings (SSSR count). The van der Waals surface area contributed by atoms with Crippen molar-refractivity contribution in [3.63, 3.8) is 0 Å². The maximum Gasteiger partial charge on any atom is 0.266 e. The molecule has 2 N–H and O–H groups in total. The van der Waals surface area contributed by atoms with E-state index in [0.717, 1.165) is 18.1 Å². The van der Waals surface area contributed by atoms with Crippen molar-refractivity contribution in [1.82, 2.24) is 24.6 Å². The molecule has 0 bridgehead atoms. The van der Waals surface area contributed by atoms with Crippen LogP contribution in [0.15, 0.2) is 35.1 Å². The third-order valence-electron chi connectivity index (χ3n) is 3.91. The van der Waals surface area contributed by atoms with E-state index in [1.54, 1.807) is 4.57 Å². The summed E-state index contributed by atoms with van der Waals surface area (Å²) in [5.41, 5.74) is 1.38. The number of H-pyrrole nitrogens is 1. The first kappa shape index (κ1) is 13.0. The Balaban J connectivity index is 1.84. The number of anilines is 2. The topological polar surface area (TPSA) is 78.8 Å². The number of hydrogen-bond acceptors (Lipinski definition) is 5. The standard InChI is InChI=1S/C15H16N6O/c1-20-7-8-21-11(9-20)17-14-12(15(21)22)13(18-19-14)16-10-5-3-2-4-6-10/h2-6H,7-9H2,1H3,(H2,16,18,19). The largest absolute Gasteiger partial charge is 0.338 e. The van der Waals surface area contributed by atoms with Crippen LogP contribution in [0.25, 0.3) is 11.0 Å². The average molecular weight is 296 g/mol. The molecule has 0 radical (unpaired) electrons. The van der Waals surface area contributed by atoms with Crippen molar-refractivity contribution in [2.75, 3.05) is 18.9 Å². The van der Waals surface area contributed by atoms with Gasteiger partial charge in [0.15, 0.2) is 11.5 Å². The predicted molar refractivity (Wildman–Crippen MR) is 84.2 cm³/mol. The molecule has 7 nitrogen and oxygen atoms in total. The molecule has 0 amide bonds. The summed E-state index contributed by atoms with van der Waals surface area (Å²) >= 11 is 0. The van der Waals surface area contributed by atoms with Gasteiger partial charge in [-0.25, -0.2) is 4.98 Å². The Morgan fingerprint density at radius 2 is 2.05 bits per heavy atom. The maximum absolute atomic E-state index is 12.8. The predicted octanol–water partition coefficient (Wildman–Crippen LogP) is 1.31.